The molecular weight excluding hydrogens is 375 g/mol. The molecule has 3 aromatic heterocycles. The Bertz CT molecular complexity index is 964. The molecule has 28 heavy (non-hydrogen) atoms. The van der Waals surface area contributed by atoms with Gasteiger partial charge in [-0.1, -0.05) is 6.07 Å². The van der Waals surface area contributed by atoms with Gasteiger partial charge in [-0.25, -0.2) is 22.7 Å². The molecule has 0 spiro atoms. The molecule has 7 nitrogen and oxygen atoms in total. The molecule has 10 heteroatoms. The number of aromatic nitrogens is 4. The molecule has 3 aromatic rings. The number of nitrogens with zero attached hydrogens (tertiary/aromatic N) is 4. The number of pyridine rings is 1. The molecular formula is C18H18F3N5O2. The first-order valence-electron chi connectivity index (χ1n) is 8.81. The Morgan fingerprint density at radius 1 is 1.29 bits per heavy atom. The van der Waals surface area contributed by atoms with Crippen LogP contribution in [-0.2, 0) is 11.2 Å². The van der Waals surface area contributed by atoms with E-state index in [4.69, 9.17) is 4.74 Å². The van der Waals surface area contributed by atoms with Gasteiger partial charge in [0.05, 0.1) is 36.3 Å². The zero-order valence-corrected chi connectivity index (χ0v) is 14.7. The van der Waals surface area contributed by atoms with E-state index in [0.717, 1.165) is 0 Å². The standard InChI is InChI=1S/C18H18F3N5O2/c19-11-6-14(12-2-1-10(7-22-12)5-17(20)21)26-15(11)8-23-18(25-26)24-13-3-4-28-9-16(13)27/h1-2,6-8,13,16-17,27H,3-5,9H2,(H,24,25)/t13-,16-/m1/s1. The van der Waals surface area contributed by atoms with Crippen LogP contribution in [0.25, 0.3) is 16.9 Å². The van der Waals surface area contributed by atoms with E-state index in [1.807, 2.05) is 0 Å². The summed E-state index contributed by atoms with van der Waals surface area (Å²) in [5.74, 6) is -0.296. The smallest absolute Gasteiger partial charge is 0.242 e. The van der Waals surface area contributed by atoms with Crippen molar-refractivity contribution in [2.75, 3.05) is 18.5 Å². The van der Waals surface area contributed by atoms with Crippen LogP contribution in [0.15, 0.2) is 30.6 Å². The molecule has 4 rings (SSSR count). The molecule has 1 aliphatic rings. The first-order chi connectivity index (χ1) is 13.5. The molecule has 4 heterocycles. The van der Waals surface area contributed by atoms with Gasteiger partial charge in [-0.05, 0) is 18.1 Å². The van der Waals surface area contributed by atoms with Crippen molar-refractivity contribution in [1.82, 2.24) is 19.6 Å². The number of nitrogens with one attached hydrogen (secondary N) is 1. The molecule has 0 unspecified atom stereocenters. The largest absolute Gasteiger partial charge is 0.389 e. The average Bonchev–Trinajstić information content (AvgIpc) is 3.00. The SMILES string of the molecule is O[C@@H]1COCC[C@H]1Nc1ncc2c(F)cc(-c3ccc(CC(F)F)cn3)n2n1. The van der Waals surface area contributed by atoms with Crippen LogP contribution in [-0.4, -0.2) is 56.5 Å². The van der Waals surface area contributed by atoms with Crippen molar-refractivity contribution in [1.29, 1.82) is 0 Å². The maximum Gasteiger partial charge on any atom is 0.242 e. The molecule has 2 atom stereocenters. The van der Waals surface area contributed by atoms with Crippen LogP contribution in [0.1, 0.15) is 12.0 Å². The van der Waals surface area contributed by atoms with Crippen LogP contribution in [0, 0.1) is 5.82 Å². The highest BCUT2D eigenvalue weighted by atomic mass is 19.3. The number of fused-ring (bicyclic) bond motifs is 1. The van der Waals surface area contributed by atoms with E-state index >= 15 is 0 Å². The summed E-state index contributed by atoms with van der Waals surface area (Å²) >= 11 is 0. The van der Waals surface area contributed by atoms with Crippen molar-refractivity contribution in [3.63, 3.8) is 0 Å². The minimum atomic E-state index is -2.46. The zero-order valence-electron chi connectivity index (χ0n) is 14.7. The topological polar surface area (TPSA) is 84.6 Å². The van der Waals surface area contributed by atoms with E-state index in [1.54, 1.807) is 6.07 Å². The summed E-state index contributed by atoms with van der Waals surface area (Å²) in [5.41, 5.74) is 1.32. The lowest BCUT2D eigenvalue weighted by Crippen LogP contribution is -2.42. The van der Waals surface area contributed by atoms with Crippen molar-refractivity contribution in [3.8, 4) is 11.4 Å². The van der Waals surface area contributed by atoms with Crippen LogP contribution in [0.5, 0.6) is 0 Å². The fourth-order valence-electron chi connectivity index (χ4n) is 3.13. The lowest BCUT2D eigenvalue weighted by atomic mass is 10.1. The monoisotopic (exact) mass is 393 g/mol. The zero-order chi connectivity index (χ0) is 19.7. The average molecular weight is 393 g/mol. The summed E-state index contributed by atoms with van der Waals surface area (Å²) in [4.78, 5) is 8.28. The molecule has 1 saturated heterocycles. The van der Waals surface area contributed by atoms with E-state index in [0.29, 0.717) is 30.0 Å². The van der Waals surface area contributed by atoms with Gasteiger partial charge in [-0.3, -0.25) is 4.98 Å². The molecule has 2 N–H and O–H groups in total. The summed E-state index contributed by atoms with van der Waals surface area (Å²) in [7, 11) is 0. The predicted octanol–water partition coefficient (Wildman–Crippen LogP) is 2.30. The first-order valence-corrected chi connectivity index (χ1v) is 8.81. The summed E-state index contributed by atoms with van der Waals surface area (Å²) in [6, 6.07) is 4.08. The number of aliphatic hydroxyl groups excluding tert-OH is 1. The van der Waals surface area contributed by atoms with Crippen LogP contribution < -0.4 is 5.32 Å². The van der Waals surface area contributed by atoms with Crippen LogP contribution in [0.2, 0.25) is 0 Å². The highest BCUT2D eigenvalue weighted by Crippen LogP contribution is 2.24. The molecule has 0 saturated carbocycles. The third-order valence-corrected chi connectivity index (χ3v) is 4.59. The van der Waals surface area contributed by atoms with Gasteiger partial charge in [0, 0.05) is 25.3 Å². The molecule has 1 aliphatic heterocycles. The van der Waals surface area contributed by atoms with E-state index in [9.17, 15) is 18.3 Å². The Morgan fingerprint density at radius 3 is 2.86 bits per heavy atom. The van der Waals surface area contributed by atoms with Gasteiger partial charge in [-0.2, -0.15) is 0 Å². The molecule has 0 bridgehead atoms. The fourth-order valence-corrected chi connectivity index (χ4v) is 3.13. The Labute approximate surface area is 158 Å². The summed E-state index contributed by atoms with van der Waals surface area (Å²) in [6.07, 6.45) is -0.273. The molecule has 0 aliphatic carbocycles. The second kappa shape index (κ2) is 7.72. The van der Waals surface area contributed by atoms with E-state index < -0.39 is 18.3 Å². The maximum atomic E-state index is 14.3. The van der Waals surface area contributed by atoms with Crippen molar-refractivity contribution in [2.24, 2.45) is 0 Å². The fraction of sp³-hybridized carbons (Fsp3) is 0.389. The highest BCUT2D eigenvalue weighted by Gasteiger charge is 2.24. The normalized spacial score (nSPS) is 20.0. The van der Waals surface area contributed by atoms with Gasteiger partial charge in [-0.15, -0.1) is 5.10 Å². The number of anilines is 1. The number of rotatable bonds is 5. The van der Waals surface area contributed by atoms with Crippen molar-refractivity contribution in [2.45, 2.75) is 31.4 Å². The second-order valence-corrected chi connectivity index (χ2v) is 6.59. The molecule has 0 radical (unpaired) electrons. The summed E-state index contributed by atoms with van der Waals surface area (Å²) in [6.45, 7) is 0.730. The minimum absolute atomic E-state index is 0.159. The van der Waals surface area contributed by atoms with Gasteiger partial charge in [0.1, 0.15) is 5.52 Å². The number of hydrogen-bond donors (Lipinski definition) is 2. The maximum absolute atomic E-state index is 14.3. The van der Waals surface area contributed by atoms with Gasteiger partial charge in [0.15, 0.2) is 5.82 Å². The van der Waals surface area contributed by atoms with E-state index in [-0.39, 0.29) is 30.5 Å². The van der Waals surface area contributed by atoms with E-state index in [2.05, 4.69) is 20.4 Å². The van der Waals surface area contributed by atoms with Crippen molar-refractivity contribution in [3.05, 3.63) is 42.0 Å². The van der Waals surface area contributed by atoms with Gasteiger partial charge in [0.2, 0.25) is 12.4 Å². The Morgan fingerprint density at radius 2 is 2.14 bits per heavy atom. The first kappa shape index (κ1) is 18.6. The Balaban J connectivity index is 1.65. The number of alkyl halides is 2. The predicted molar refractivity (Wildman–Crippen MR) is 94.7 cm³/mol. The number of halogens is 3. The van der Waals surface area contributed by atoms with E-state index in [1.165, 1.54) is 29.0 Å². The van der Waals surface area contributed by atoms with Gasteiger partial charge in [0.25, 0.3) is 0 Å². The van der Waals surface area contributed by atoms with Crippen molar-refractivity contribution < 1.29 is 23.0 Å². The van der Waals surface area contributed by atoms with Crippen LogP contribution >= 0.6 is 0 Å². The van der Waals surface area contributed by atoms with Crippen LogP contribution in [0.4, 0.5) is 19.1 Å². The highest BCUT2D eigenvalue weighted by molar-refractivity contribution is 5.64. The number of hydrogen-bond acceptors (Lipinski definition) is 6. The van der Waals surface area contributed by atoms with Crippen molar-refractivity contribution >= 4 is 11.5 Å². The molecule has 0 amide bonds. The molecule has 148 valence electrons. The Hall–Kier alpha value is -2.72. The third-order valence-electron chi connectivity index (χ3n) is 4.59. The lowest BCUT2D eigenvalue weighted by molar-refractivity contribution is -0.0136. The number of aliphatic hydroxyl groups is 1. The van der Waals surface area contributed by atoms with Gasteiger partial charge < -0.3 is 15.2 Å². The summed E-state index contributed by atoms with van der Waals surface area (Å²) in [5, 5.41) is 17.4. The van der Waals surface area contributed by atoms with Gasteiger partial charge >= 0.3 is 0 Å². The number of ether oxygens (including phenoxy) is 1. The molecule has 0 aromatic carbocycles. The minimum Gasteiger partial charge on any atom is -0.389 e. The summed E-state index contributed by atoms with van der Waals surface area (Å²) < 4.78 is 45.8. The quantitative estimate of drug-likeness (QED) is 0.692. The third kappa shape index (κ3) is 3.78. The second-order valence-electron chi connectivity index (χ2n) is 6.59. The Kier molecular flexibility index (Phi) is 5.14. The molecule has 1 fully saturated rings. The lowest BCUT2D eigenvalue weighted by Gasteiger charge is -2.28. The van der Waals surface area contributed by atoms with Crippen LogP contribution in [0.3, 0.4) is 0 Å².